The Morgan fingerprint density at radius 1 is 1.00 bits per heavy atom. The summed E-state index contributed by atoms with van der Waals surface area (Å²) in [6.45, 7) is 0. The Morgan fingerprint density at radius 3 is 2.19 bits per heavy atom. The van der Waals surface area contributed by atoms with Crippen LogP contribution in [0.4, 0.5) is 17.1 Å². The number of amides is 2. The van der Waals surface area contributed by atoms with Crippen LogP contribution in [0.25, 0.3) is 0 Å². The molecular weight excluding hydrogens is 354 g/mol. The fourth-order valence-electron chi connectivity index (χ4n) is 2.84. The van der Waals surface area contributed by atoms with Gasteiger partial charge in [0.15, 0.2) is 9.84 Å². The molecule has 1 unspecified atom stereocenters. The van der Waals surface area contributed by atoms with Gasteiger partial charge in [0.25, 0.3) is 0 Å². The second-order valence-electron chi connectivity index (χ2n) is 6.14. The highest BCUT2D eigenvalue weighted by Crippen LogP contribution is 2.26. The van der Waals surface area contributed by atoms with Crippen molar-refractivity contribution in [1.29, 1.82) is 0 Å². The predicted octanol–water partition coefficient (Wildman–Crippen LogP) is 1.24. The fraction of sp³-hybridized carbons (Fsp3) is 0.222. The van der Waals surface area contributed by atoms with Crippen LogP contribution >= 0.6 is 0 Å². The molecule has 8 heteroatoms. The van der Waals surface area contributed by atoms with Crippen LogP contribution in [-0.4, -0.2) is 37.8 Å². The van der Waals surface area contributed by atoms with Crippen LogP contribution in [0.15, 0.2) is 54.6 Å². The second-order valence-corrected chi connectivity index (χ2v) is 8.37. The van der Waals surface area contributed by atoms with Crippen molar-refractivity contribution in [2.45, 2.75) is 12.5 Å². The molecule has 1 heterocycles. The molecule has 0 saturated carbocycles. The van der Waals surface area contributed by atoms with Crippen molar-refractivity contribution < 1.29 is 18.0 Å². The largest absolute Gasteiger partial charge is 0.399 e. The third kappa shape index (κ3) is 4.02. The van der Waals surface area contributed by atoms with Crippen LogP contribution in [0.5, 0.6) is 0 Å². The number of sulfone groups is 1. The second kappa shape index (κ2) is 7.17. The lowest BCUT2D eigenvalue weighted by molar-refractivity contribution is -0.137. The number of nitrogens with one attached hydrogen (secondary N) is 1. The summed E-state index contributed by atoms with van der Waals surface area (Å²) in [4.78, 5) is 26.5. The first-order valence-electron chi connectivity index (χ1n) is 8.12. The van der Waals surface area contributed by atoms with Crippen molar-refractivity contribution in [3.8, 4) is 0 Å². The van der Waals surface area contributed by atoms with Gasteiger partial charge in [-0.05, 0) is 42.8 Å². The normalized spacial score (nSPS) is 18.2. The summed E-state index contributed by atoms with van der Waals surface area (Å²) in [5.74, 6) is -1.75. The molecule has 26 heavy (non-hydrogen) atoms. The van der Waals surface area contributed by atoms with Crippen molar-refractivity contribution in [3.63, 3.8) is 0 Å². The Kier molecular flexibility index (Phi) is 4.94. The summed E-state index contributed by atoms with van der Waals surface area (Å²) >= 11 is 0. The van der Waals surface area contributed by atoms with Gasteiger partial charge >= 0.3 is 11.8 Å². The van der Waals surface area contributed by atoms with Crippen molar-refractivity contribution in [2.75, 3.05) is 22.1 Å². The molecule has 2 amide bonds. The summed E-state index contributed by atoms with van der Waals surface area (Å²) in [5, 5.41) is 2.53. The Balaban J connectivity index is 1.85. The number of nitrogen functional groups attached to an aromatic ring is 1. The number of rotatable bonds is 3. The Labute approximate surface area is 151 Å². The van der Waals surface area contributed by atoms with E-state index in [0.29, 0.717) is 23.5 Å². The van der Waals surface area contributed by atoms with Gasteiger partial charge in [0.05, 0.1) is 11.5 Å². The summed E-state index contributed by atoms with van der Waals surface area (Å²) < 4.78 is 23.1. The van der Waals surface area contributed by atoms with Crippen LogP contribution in [0, 0.1) is 0 Å². The number of hydrogen-bond acceptors (Lipinski definition) is 5. The minimum absolute atomic E-state index is 0.0203. The lowest BCUT2D eigenvalue weighted by atomic mass is 10.2. The van der Waals surface area contributed by atoms with Gasteiger partial charge in [-0.1, -0.05) is 18.2 Å². The van der Waals surface area contributed by atoms with Crippen LogP contribution < -0.4 is 16.0 Å². The maximum absolute atomic E-state index is 12.8. The van der Waals surface area contributed by atoms with Gasteiger partial charge in [0, 0.05) is 23.1 Å². The average molecular weight is 373 g/mol. The Morgan fingerprint density at radius 2 is 1.62 bits per heavy atom. The highest BCUT2D eigenvalue weighted by Gasteiger charge is 2.32. The van der Waals surface area contributed by atoms with Crippen LogP contribution in [0.1, 0.15) is 6.42 Å². The van der Waals surface area contributed by atoms with E-state index in [2.05, 4.69) is 5.32 Å². The molecule has 3 N–H and O–H groups in total. The first-order valence-corrected chi connectivity index (χ1v) is 9.94. The molecule has 1 atom stereocenters. The maximum Gasteiger partial charge on any atom is 0.320 e. The third-order valence-electron chi connectivity index (χ3n) is 4.13. The molecular formula is C18H19N3O4S. The van der Waals surface area contributed by atoms with Gasteiger partial charge in [-0.3, -0.25) is 14.5 Å². The first kappa shape index (κ1) is 17.9. The molecule has 3 rings (SSSR count). The van der Waals surface area contributed by atoms with E-state index in [9.17, 15) is 18.0 Å². The lowest BCUT2D eigenvalue weighted by Gasteiger charge is -2.23. The van der Waals surface area contributed by atoms with Crippen molar-refractivity contribution >= 4 is 38.7 Å². The molecule has 0 spiro atoms. The molecule has 1 aliphatic rings. The SMILES string of the molecule is Nc1ccc(N(C(=O)C(=O)NC2CCS(=O)(=O)C2)c2ccccc2)cc1. The van der Waals surface area contributed by atoms with Gasteiger partial charge in [-0.25, -0.2) is 8.42 Å². The van der Waals surface area contributed by atoms with Crippen molar-refractivity contribution in [1.82, 2.24) is 5.32 Å². The quantitative estimate of drug-likeness (QED) is 0.621. The molecule has 2 aromatic rings. The number of nitrogens with two attached hydrogens (primary N) is 1. The van der Waals surface area contributed by atoms with E-state index in [1.807, 2.05) is 0 Å². The van der Waals surface area contributed by atoms with E-state index in [1.54, 1.807) is 54.6 Å². The van der Waals surface area contributed by atoms with Gasteiger partial charge < -0.3 is 11.1 Å². The predicted molar refractivity (Wildman–Crippen MR) is 99.6 cm³/mol. The zero-order chi connectivity index (χ0) is 18.7. The first-order chi connectivity index (χ1) is 12.4. The number of carbonyl (C=O) groups is 2. The molecule has 7 nitrogen and oxygen atoms in total. The van der Waals surface area contributed by atoms with Gasteiger partial charge in [-0.15, -0.1) is 0 Å². The number of carbonyl (C=O) groups excluding carboxylic acids is 2. The van der Waals surface area contributed by atoms with Crippen LogP contribution in [-0.2, 0) is 19.4 Å². The molecule has 1 fully saturated rings. The fourth-order valence-corrected chi connectivity index (χ4v) is 4.51. The van der Waals surface area contributed by atoms with Gasteiger partial charge in [0.1, 0.15) is 0 Å². The number of nitrogens with zero attached hydrogens (tertiary/aromatic N) is 1. The molecule has 2 aromatic carbocycles. The number of para-hydroxylation sites is 1. The highest BCUT2D eigenvalue weighted by molar-refractivity contribution is 7.91. The zero-order valence-electron chi connectivity index (χ0n) is 14.0. The number of benzene rings is 2. The van der Waals surface area contributed by atoms with Gasteiger partial charge in [0.2, 0.25) is 0 Å². The van der Waals surface area contributed by atoms with Crippen LogP contribution in [0.3, 0.4) is 0 Å². The molecule has 136 valence electrons. The maximum atomic E-state index is 12.8. The Bertz CT molecular complexity index is 911. The topological polar surface area (TPSA) is 110 Å². The van der Waals surface area contributed by atoms with Gasteiger partial charge in [-0.2, -0.15) is 0 Å². The van der Waals surface area contributed by atoms with E-state index in [0.717, 1.165) is 0 Å². The van der Waals surface area contributed by atoms with E-state index in [1.165, 1.54) is 4.90 Å². The molecule has 0 radical (unpaired) electrons. The van der Waals surface area contributed by atoms with Crippen LogP contribution in [0.2, 0.25) is 0 Å². The highest BCUT2D eigenvalue weighted by atomic mass is 32.2. The minimum atomic E-state index is -3.15. The average Bonchev–Trinajstić information content (AvgIpc) is 2.96. The molecule has 0 aliphatic carbocycles. The molecule has 1 saturated heterocycles. The van der Waals surface area contributed by atoms with Crippen molar-refractivity contribution in [3.05, 3.63) is 54.6 Å². The Hall–Kier alpha value is -2.87. The van der Waals surface area contributed by atoms with E-state index in [-0.39, 0.29) is 11.5 Å². The van der Waals surface area contributed by atoms with E-state index < -0.39 is 27.7 Å². The molecule has 1 aliphatic heterocycles. The summed E-state index contributed by atoms with van der Waals surface area (Å²) in [6.07, 6.45) is 0.314. The minimum Gasteiger partial charge on any atom is -0.399 e. The number of anilines is 3. The van der Waals surface area contributed by atoms with Crippen molar-refractivity contribution in [2.24, 2.45) is 0 Å². The van der Waals surface area contributed by atoms with E-state index >= 15 is 0 Å². The summed E-state index contributed by atoms with van der Waals surface area (Å²) in [7, 11) is -3.15. The lowest BCUT2D eigenvalue weighted by Crippen LogP contribution is -2.45. The summed E-state index contributed by atoms with van der Waals surface area (Å²) in [6, 6.07) is 14.8. The number of hydrogen-bond donors (Lipinski definition) is 2. The smallest absolute Gasteiger partial charge is 0.320 e. The molecule has 0 aromatic heterocycles. The standard InChI is InChI=1S/C18H19N3O4S/c19-13-6-8-16(9-7-13)21(15-4-2-1-3-5-15)18(23)17(22)20-14-10-11-26(24,25)12-14/h1-9,14H,10-12,19H2,(H,20,22). The zero-order valence-corrected chi connectivity index (χ0v) is 14.8. The summed E-state index contributed by atoms with van der Waals surface area (Å²) in [5.41, 5.74) is 7.25. The third-order valence-corrected chi connectivity index (χ3v) is 5.90. The monoisotopic (exact) mass is 373 g/mol. The molecule has 0 bridgehead atoms. The van der Waals surface area contributed by atoms with E-state index in [4.69, 9.17) is 5.73 Å².